The summed E-state index contributed by atoms with van der Waals surface area (Å²) in [6.45, 7) is 6.62. The van der Waals surface area contributed by atoms with Crippen LogP contribution in [0.2, 0.25) is 10.0 Å². The highest BCUT2D eigenvalue weighted by Gasteiger charge is 2.24. The number of hydrazone groups is 2. The second kappa shape index (κ2) is 29.7. The number of fused-ring (bicyclic) bond motifs is 6. The number of unbranched alkanes of at least 4 members (excludes halogenated alkanes) is 2. The first kappa shape index (κ1) is 57.9. The molecule has 2 amide bonds. The molecule has 0 bridgehead atoms. The van der Waals surface area contributed by atoms with Crippen LogP contribution in [0.15, 0.2) is 132 Å². The molecule has 5 heterocycles. The van der Waals surface area contributed by atoms with Crippen molar-refractivity contribution in [2.24, 2.45) is 15.9 Å². The van der Waals surface area contributed by atoms with Gasteiger partial charge in [0.2, 0.25) is 11.8 Å². The third-order valence-corrected chi connectivity index (χ3v) is 13.4. The molecule has 6 aromatic carbocycles. The number of hydrogen-bond donors (Lipinski definition) is 8. The summed E-state index contributed by atoms with van der Waals surface area (Å²) in [5.74, 6) is 2.85. The molecule has 2 aromatic heterocycles. The van der Waals surface area contributed by atoms with Crippen LogP contribution in [0.25, 0.3) is 43.6 Å². The van der Waals surface area contributed by atoms with Crippen LogP contribution in [0.5, 0.6) is 23.0 Å². The number of aliphatic hydroxyl groups is 2. The first-order chi connectivity index (χ1) is 38.6. The van der Waals surface area contributed by atoms with Gasteiger partial charge in [-0.1, -0.05) is 71.7 Å². The summed E-state index contributed by atoms with van der Waals surface area (Å²) >= 11 is 12.6. The van der Waals surface area contributed by atoms with Gasteiger partial charge in [0.05, 0.1) is 52.3 Å². The molecule has 416 valence electrons. The van der Waals surface area contributed by atoms with E-state index in [4.69, 9.17) is 57.7 Å². The lowest BCUT2D eigenvalue weighted by Gasteiger charge is -2.15. The van der Waals surface area contributed by atoms with Crippen molar-refractivity contribution >= 4 is 90.1 Å². The normalized spacial score (nSPS) is 15.0. The van der Waals surface area contributed by atoms with Gasteiger partial charge >= 0.3 is 0 Å². The number of aromatic amines is 2. The summed E-state index contributed by atoms with van der Waals surface area (Å²) in [5, 5.41) is 35.0. The Morgan fingerprint density at radius 2 is 1.14 bits per heavy atom. The van der Waals surface area contributed by atoms with Crippen molar-refractivity contribution in [1.82, 2.24) is 26.1 Å². The van der Waals surface area contributed by atoms with Gasteiger partial charge in [-0.25, -0.2) is 10.9 Å². The van der Waals surface area contributed by atoms with Crippen LogP contribution < -0.4 is 40.8 Å². The standard InChI is InChI=1S/C29H31ClN4O4.C15H13NO2.C14H18ClN3O2.C2H6O/c30-22-16-19(23-11-13-28(36)34-33-23)10-12-26(22)37-15-4-3-14-31-17-20(35)18-38-27-9-5-8-25-29(27)21-6-1-2-7-24(21)32-25;1-2-5-12-11(4-1)15-13(16-12)6-3-7-14(15)18-9-10-8-17-10;15-11-9-10(12-4-6-14(19)18-17-12)3-5-13(11)20-8-2-1-7-16;1-2-3/h1-2,5-10,12,16,20,31-32,35H,3-4,11,13-15,17-18H2,(H,34,36);1-7,10,16H,8-9H2;3,5,9H,1-2,4,6-8,16H2,(H,18,19);3H,2H2,1H3. The third-order valence-electron chi connectivity index (χ3n) is 12.8. The lowest BCUT2D eigenvalue weighted by molar-refractivity contribution is -0.122. The maximum atomic E-state index is 11.3. The van der Waals surface area contributed by atoms with E-state index < -0.39 is 6.10 Å². The van der Waals surface area contributed by atoms with E-state index in [0.29, 0.717) is 80.1 Å². The van der Waals surface area contributed by atoms with E-state index in [9.17, 15) is 14.7 Å². The quantitative estimate of drug-likeness (QED) is 0.0249. The van der Waals surface area contributed by atoms with Gasteiger partial charge in [0.25, 0.3) is 0 Å². The summed E-state index contributed by atoms with van der Waals surface area (Å²) in [4.78, 5) is 29.1. The van der Waals surface area contributed by atoms with Crippen LogP contribution in [-0.4, -0.2) is 115 Å². The number of nitrogens with zero attached hydrogens (tertiary/aromatic N) is 2. The predicted octanol–water partition coefficient (Wildman–Crippen LogP) is 9.95. The first-order valence-electron chi connectivity index (χ1n) is 26.7. The number of H-pyrrole nitrogens is 2. The summed E-state index contributed by atoms with van der Waals surface area (Å²) < 4.78 is 28.5. The van der Waals surface area contributed by atoms with Crippen LogP contribution in [-0.2, 0) is 14.3 Å². The van der Waals surface area contributed by atoms with Gasteiger partial charge in [0, 0.05) is 71.4 Å². The predicted molar refractivity (Wildman–Crippen MR) is 313 cm³/mol. The molecule has 0 aliphatic carbocycles. The number of halogens is 2. The van der Waals surface area contributed by atoms with Crippen molar-refractivity contribution in [2.45, 2.75) is 70.5 Å². The van der Waals surface area contributed by atoms with Crippen LogP contribution in [0.4, 0.5) is 0 Å². The Hall–Kier alpha value is -7.22. The highest BCUT2D eigenvalue weighted by atomic mass is 35.5. The number of amides is 2. The smallest absolute Gasteiger partial charge is 0.240 e. The van der Waals surface area contributed by atoms with Crippen molar-refractivity contribution in [3.63, 3.8) is 0 Å². The van der Waals surface area contributed by atoms with Crippen LogP contribution in [0.3, 0.4) is 0 Å². The number of nitrogens with one attached hydrogen (secondary N) is 5. The molecule has 3 aliphatic heterocycles. The molecule has 1 saturated heterocycles. The molecule has 9 N–H and O–H groups in total. The Balaban J connectivity index is 0.000000167. The summed E-state index contributed by atoms with van der Waals surface area (Å²) in [6, 6.07) is 39.6. The third kappa shape index (κ3) is 16.7. The molecule has 8 aromatic rings. The number of hydrogen-bond acceptors (Lipinski definition) is 13. The highest BCUT2D eigenvalue weighted by molar-refractivity contribution is 6.33. The monoisotopic (exact) mass is 1110 g/mol. The number of nitrogens with two attached hydrogens (primary N) is 1. The fourth-order valence-corrected chi connectivity index (χ4v) is 9.23. The Bertz CT molecular complexity index is 3360. The summed E-state index contributed by atoms with van der Waals surface area (Å²) in [7, 11) is 0. The van der Waals surface area contributed by atoms with Gasteiger partial charge in [0.1, 0.15) is 48.4 Å². The lowest BCUT2D eigenvalue weighted by Crippen LogP contribution is -2.32. The van der Waals surface area contributed by atoms with Gasteiger partial charge in [-0.2, -0.15) is 10.2 Å². The molecule has 17 nitrogen and oxygen atoms in total. The second-order valence-electron chi connectivity index (χ2n) is 18.8. The minimum atomic E-state index is -0.619. The number of carbonyl (C=O) groups is 2. The molecule has 1 fully saturated rings. The Labute approximate surface area is 468 Å². The van der Waals surface area contributed by atoms with E-state index >= 15 is 0 Å². The summed E-state index contributed by atoms with van der Waals surface area (Å²) in [6.07, 6.45) is 5.35. The van der Waals surface area contributed by atoms with Crippen molar-refractivity contribution < 1.29 is 43.5 Å². The maximum absolute atomic E-state index is 11.3. The average molecular weight is 1120 g/mol. The molecule has 11 rings (SSSR count). The minimum absolute atomic E-state index is 0.0558. The molecule has 3 aliphatic rings. The lowest BCUT2D eigenvalue weighted by atomic mass is 10.0. The zero-order valence-electron chi connectivity index (χ0n) is 44.2. The number of carbonyl (C=O) groups excluding carboxylic acids is 2. The highest BCUT2D eigenvalue weighted by Crippen LogP contribution is 2.35. The number of rotatable bonds is 21. The first-order valence-corrected chi connectivity index (χ1v) is 27.5. The van der Waals surface area contributed by atoms with E-state index in [2.05, 4.69) is 66.7 Å². The van der Waals surface area contributed by atoms with Crippen molar-refractivity contribution in [1.29, 1.82) is 0 Å². The Morgan fingerprint density at radius 3 is 1.62 bits per heavy atom. The number of aliphatic hydroxyl groups excluding tert-OH is 2. The van der Waals surface area contributed by atoms with E-state index in [1.165, 1.54) is 5.39 Å². The molecule has 79 heavy (non-hydrogen) atoms. The fraction of sp³-hybridized carbons (Fsp3) is 0.333. The molecule has 2 atom stereocenters. The number of epoxide rings is 1. The van der Waals surface area contributed by atoms with E-state index in [-0.39, 0.29) is 31.1 Å². The molecule has 0 saturated carbocycles. The van der Waals surface area contributed by atoms with Gasteiger partial charge < -0.3 is 54.9 Å². The zero-order valence-corrected chi connectivity index (χ0v) is 45.7. The van der Waals surface area contributed by atoms with E-state index in [1.54, 1.807) is 6.92 Å². The van der Waals surface area contributed by atoms with Gasteiger partial charge in [-0.15, -0.1) is 0 Å². The van der Waals surface area contributed by atoms with E-state index in [1.807, 2.05) is 91.0 Å². The molecule has 0 spiro atoms. The van der Waals surface area contributed by atoms with Gasteiger partial charge in [0.15, 0.2) is 0 Å². The Morgan fingerprint density at radius 1 is 0.646 bits per heavy atom. The largest absolute Gasteiger partial charge is 0.492 e. The number of benzene rings is 6. The van der Waals surface area contributed by atoms with Gasteiger partial charge in [-0.05, 0) is 130 Å². The van der Waals surface area contributed by atoms with Crippen molar-refractivity contribution in [3.05, 3.63) is 142 Å². The number of para-hydroxylation sites is 2. The molecule has 0 radical (unpaired) electrons. The zero-order chi connectivity index (χ0) is 55.3. The SMILES string of the molecule is CCO.NCCCCOc1ccc(C2=NNC(=O)CC2)cc1Cl.O=C1CCC(c2ccc(OCCCCNCC(O)COc3cccc4[nH]c5ccccc5c34)c(Cl)c2)=NN1.c1ccc2c(c1)[nH]c1cccc(OCC3CO3)c12. The second-order valence-corrected chi connectivity index (χ2v) is 19.6. The van der Waals surface area contributed by atoms with Gasteiger partial charge in [-0.3, -0.25) is 9.59 Å². The number of aromatic nitrogens is 2. The van der Waals surface area contributed by atoms with Crippen LogP contribution >= 0.6 is 23.2 Å². The average Bonchev–Trinajstić information content (AvgIpc) is 4.20. The molecule has 19 heteroatoms. The maximum Gasteiger partial charge on any atom is 0.240 e. The van der Waals surface area contributed by atoms with Crippen molar-refractivity contribution in [3.8, 4) is 23.0 Å². The summed E-state index contributed by atoms with van der Waals surface area (Å²) in [5.41, 5.74) is 18.2. The molecular formula is C60H68Cl2N8O9. The topological polar surface area (TPSA) is 242 Å². The van der Waals surface area contributed by atoms with Crippen LogP contribution in [0, 0.1) is 0 Å². The molecular weight excluding hydrogens is 1050 g/mol. The Kier molecular flexibility index (Phi) is 21.8. The van der Waals surface area contributed by atoms with Crippen LogP contribution in [0.1, 0.15) is 69.4 Å². The molecule has 2 unspecified atom stereocenters. The van der Waals surface area contributed by atoms with E-state index in [0.717, 1.165) is 111 Å². The minimum Gasteiger partial charge on any atom is -0.492 e. The number of ether oxygens (including phenoxy) is 5. The van der Waals surface area contributed by atoms with Crippen molar-refractivity contribution in [2.75, 3.05) is 59.3 Å². The fourth-order valence-electron chi connectivity index (χ4n) is 8.76.